The standard InChI is InChI=1S/C15H31NO2/c1-4-8-15(17-5-2)14(16-3)11-6-9-13-10-7-12-18-13/h13-16H,4-12H2,1-3H3. The molecule has 3 unspecified atom stereocenters. The van der Waals surface area contributed by atoms with E-state index in [9.17, 15) is 0 Å². The monoisotopic (exact) mass is 257 g/mol. The van der Waals surface area contributed by atoms with Gasteiger partial charge < -0.3 is 14.8 Å². The fraction of sp³-hybridized carbons (Fsp3) is 1.00. The zero-order valence-electron chi connectivity index (χ0n) is 12.4. The predicted molar refractivity (Wildman–Crippen MR) is 76.0 cm³/mol. The molecule has 0 spiro atoms. The Morgan fingerprint density at radius 3 is 2.72 bits per heavy atom. The third kappa shape index (κ3) is 5.68. The van der Waals surface area contributed by atoms with Crippen molar-refractivity contribution in [1.82, 2.24) is 5.32 Å². The minimum Gasteiger partial charge on any atom is -0.378 e. The average Bonchev–Trinajstić information content (AvgIpc) is 2.88. The highest BCUT2D eigenvalue weighted by atomic mass is 16.5. The third-order valence-electron chi connectivity index (χ3n) is 3.84. The first-order valence-electron chi connectivity index (χ1n) is 7.72. The average molecular weight is 257 g/mol. The second-order valence-electron chi connectivity index (χ2n) is 5.24. The minimum absolute atomic E-state index is 0.370. The van der Waals surface area contributed by atoms with Crippen molar-refractivity contribution in [3.63, 3.8) is 0 Å². The molecule has 3 heteroatoms. The van der Waals surface area contributed by atoms with Gasteiger partial charge in [-0.05, 0) is 52.5 Å². The predicted octanol–water partition coefficient (Wildman–Crippen LogP) is 3.13. The van der Waals surface area contributed by atoms with Crippen LogP contribution in [-0.4, -0.2) is 38.5 Å². The smallest absolute Gasteiger partial charge is 0.0727 e. The van der Waals surface area contributed by atoms with Gasteiger partial charge in [0.25, 0.3) is 0 Å². The number of likely N-dealkylation sites (N-methyl/N-ethyl adjacent to an activating group) is 1. The Morgan fingerprint density at radius 2 is 2.17 bits per heavy atom. The first-order chi connectivity index (χ1) is 8.81. The summed E-state index contributed by atoms with van der Waals surface area (Å²) in [6.45, 7) is 6.10. The molecule has 1 fully saturated rings. The maximum atomic E-state index is 5.86. The lowest BCUT2D eigenvalue weighted by molar-refractivity contribution is 0.0256. The topological polar surface area (TPSA) is 30.5 Å². The maximum Gasteiger partial charge on any atom is 0.0727 e. The van der Waals surface area contributed by atoms with Crippen LogP contribution in [0.5, 0.6) is 0 Å². The van der Waals surface area contributed by atoms with Crippen molar-refractivity contribution < 1.29 is 9.47 Å². The van der Waals surface area contributed by atoms with Gasteiger partial charge in [-0.25, -0.2) is 0 Å². The SMILES string of the molecule is CCCC(OCC)C(CCCC1CCCO1)NC. The van der Waals surface area contributed by atoms with Crippen LogP contribution in [0.1, 0.15) is 58.8 Å². The Labute approximate surface area is 113 Å². The van der Waals surface area contributed by atoms with Crippen LogP contribution in [-0.2, 0) is 9.47 Å². The molecule has 3 nitrogen and oxygen atoms in total. The summed E-state index contributed by atoms with van der Waals surface area (Å²) in [5.41, 5.74) is 0. The molecule has 0 amide bonds. The molecule has 0 aromatic heterocycles. The van der Waals surface area contributed by atoms with E-state index in [0.29, 0.717) is 18.2 Å². The molecule has 108 valence electrons. The van der Waals surface area contributed by atoms with Gasteiger partial charge in [0.2, 0.25) is 0 Å². The molecule has 1 aliphatic heterocycles. The summed E-state index contributed by atoms with van der Waals surface area (Å²) in [4.78, 5) is 0. The summed E-state index contributed by atoms with van der Waals surface area (Å²) in [6.07, 6.45) is 9.39. The molecule has 1 saturated heterocycles. The molecule has 3 atom stereocenters. The summed E-state index contributed by atoms with van der Waals surface area (Å²) in [6, 6.07) is 0.492. The van der Waals surface area contributed by atoms with E-state index in [1.54, 1.807) is 0 Å². The molecular weight excluding hydrogens is 226 g/mol. The Morgan fingerprint density at radius 1 is 1.33 bits per heavy atom. The Kier molecular flexibility index (Phi) is 8.64. The van der Waals surface area contributed by atoms with E-state index in [1.807, 2.05) is 0 Å². The summed E-state index contributed by atoms with van der Waals surface area (Å²) < 4.78 is 11.5. The normalized spacial score (nSPS) is 23.2. The van der Waals surface area contributed by atoms with Gasteiger partial charge >= 0.3 is 0 Å². The molecule has 0 radical (unpaired) electrons. The van der Waals surface area contributed by atoms with E-state index in [-0.39, 0.29) is 0 Å². The summed E-state index contributed by atoms with van der Waals surface area (Å²) in [5, 5.41) is 3.43. The number of rotatable bonds is 10. The van der Waals surface area contributed by atoms with Crippen molar-refractivity contribution in [3.8, 4) is 0 Å². The first kappa shape index (κ1) is 15.9. The van der Waals surface area contributed by atoms with Gasteiger partial charge in [-0.1, -0.05) is 13.3 Å². The summed E-state index contributed by atoms with van der Waals surface area (Å²) in [5.74, 6) is 0. The molecule has 1 rings (SSSR count). The Bertz CT molecular complexity index is 187. The second kappa shape index (κ2) is 9.76. The maximum absolute atomic E-state index is 5.86. The zero-order valence-corrected chi connectivity index (χ0v) is 12.4. The minimum atomic E-state index is 0.370. The van der Waals surface area contributed by atoms with Gasteiger partial charge in [-0.3, -0.25) is 0 Å². The van der Waals surface area contributed by atoms with Gasteiger partial charge in [0.1, 0.15) is 0 Å². The number of nitrogens with one attached hydrogen (secondary N) is 1. The highest BCUT2D eigenvalue weighted by Crippen LogP contribution is 2.20. The van der Waals surface area contributed by atoms with E-state index in [0.717, 1.165) is 19.6 Å². The fourth-order valence-corrected chi connectivity index (χ4v) is 2.85. The van der Waals surface area contributed by atoms with Crippen LogP contribution >= 0.6 is 0 Å². The van der Waals surface area contributed by atoms with E-state index >= 15 is 0 Å². The van der Waals surface area contributed by atoms with Crippen LogP contribution in [0.25, 0.3) is 0 Å². The lowest BCUT2D eigenvalue weighted by Gasteiger charge is -2.27. The Hall–Kier alpha value is -0.120. The molecular formula is C15H31NO2. The number of hydrogen-bond acceptors (Lipinski definition) is 3. The van der Waals surface area contributed by atoms with Crippen molar-refractivity contribution >= 4 is 0 Å². The van der Waals surface area contributed by atoms with Crippen molar-refractivity contribution in [3.05, 3.63) is 0 Å². The molecule has 18 heavy (non-hydrogen) atoms. The number of hydrogen-bond donors (Lipinski definition) is 1. The molecule has 0 saturated carbocycles. The van der Waals surface area contributed by atoms with E-state index in [1.165, 1.54) is 38.5 Å². The first-order valence-corrected chi connectivity index (χ1v) is 7.72. The lowest BCUT2D eigenvalue weighted by atomic mass is 9.98. The second-order valence-corrected chi connectivity index (χ2v) is 5.24. The third-order valence-corrected chi connectivity index (χ3v) is 3.84. The largest absolute Gasteiger partial charge is 0.378 e. The zero-order chi connectivity index (χ0) is 13.2. The summed E-state index contributed by atoms with van der Waals surface area (Å²) >= 11 is 0. The van der Waals surface area contributed by atoms with Gasteiger partial charge in [-0.15, -0.1) is 0 Å². The lowest BCUT2D eigenvalue weighted by Crippen LogP contribution is -2.39. The van der Waals surface area contributed by atoms with E-state index in [4.69, 9.17) is 9.47 Å². The van der Waals surface area contributed by atoms with Gasteiger partial charge in [0.15, 0.2) is 0 Å². The van der Waals surface area contributed by atoms with Crippen molar-refractivity contribution in [1.29, 1.82) is 0 Å². The van der Waals surface area contributed by atoms with Gasteiger partial charge in [-0.2, -0.15) is 0 Å². The molecule has 0 aromatic carbocycles. The molecule has 1 N–H and O–H groups in total. The summed E-state index contributed by atoms with van der Waals surface area (Å²) in [7, 11) is 2.05. The highest BCUT2D eigenvalue weighted by Gasteiger charge is 2.21. The molecule has 1 heterocycles. The quantitative estimate of drug-likeness (QED) is 0.652. The van der Waals surface area contributed by atoms with Crippen LogP contribution in [0.3, 0.4) is 0 Å². The molecule has 0 bridgehead atoms. The van der Waals surface area contributed by atoms with Crippen molar-refractivity contribution in [2.24, 2.45) is 0 Å². The molecule has 1 aliphatic rings. The van der Waals surface area contributed by atoms with Gasteiger partial charge in [0, 0.05) is 19.3 Å². The van der Waals surface area contributed by atoms with Crippen molar-refractivity contribution in [2.45, 2.75) is 77.0 Å². The van der Waals surface area contributed by atoms with Crippen molar-refractivity contribution in [2.75, 3.05) is 20.3 Å². The van der Waals surface area contributed by atoms with Crippen LogP contribution < -0.4 is 5.32 Å². The van der Waals surface area contributed by atoms with Crippen LogP contribution in [0.2, 0.25) is 0 Å². The van der Waals surface area contributed by atoms with Gasteiger partial charge in [0.05, 0.1) is 12.2 Å². The van der Waals surface area contributed by atoms with Crippen LogP contribution in [0, 0.1) is 0 Å². The van der Waals surface area contributed by atoms with E-state index < -0.39 is 0 Å². The van der Waals surface area contributed by atoms with Crippen LogP contribution in [0.4, 0.5) is 0 Å². The van der Waals surface area contributed by atoms with E-state index in [2.05, 4.69) is 26.2 Å². The van der Waals surface area contributed by atoms with Crippen LogP contribution in [0.15, 0.2) is 0 Å². The molecule has 0 aliphatic carbocycles. The number of ether oxygens (including phenoxy) is 2. The highest BCUT2D eigenvalue weighted by molar-refractivity contribution is 4.77. The Balaban J connectivity index is 2.24. The fourth-order valence-electron chi connectivity index (χ4n) is 2.85. The molecule has 0 aromatic rings.